The summed E-state index contributed by atoms with van der Waals surface area (Å²) in [4.78, 5) is 26.4. The Kier molecular flexibility index (Phi) is 5.98. The normalized spacial score (nSPS) is 20.9. The van der Waals surface area contributed by atoms with E-state index in [1.54, 1.807) is 12.4 Å². The summed E-state index contributed by atoms with van der Waals surface area (Å²) in [5.41, 5.74) is 4.26. The van der Waals surface area contributed by atoms with Crippen molar-refractivity contribution in [3.05, 3.63) is 47.9 Å². The summed E-state index contributed by atoms with van der Waals surface area (Å²) < 4.78 is 5.38. The Bertz CT molecular complexity index is 820. The number of carbonyl (C=O) groups excluding carboxylic acids is 1. The molecule has 2 fully saturated rings. The van der Waals surface area contributed by atoms with Crippen LogP contribution in [0.25, 0.3) is 11.3 Å². The van der Waals surface area contributed by atoms with Crippen LogP contribution in [0.3, 0.4) is 0 Å². The zero-order chi connectivity index (χ0) is 19.3. The number of carbonyl (C=O) groups is 1. The van der Waals surface area contributed by atoms with E-state index in [4.69, 9.17) is 9.72 Å². The SMILES string of the molecule is Cc1cccc(-c2nccnc2C2CCCN(C(=O)CN3CCOCC3)C2)c1. The van der Waals surface area contributed by atoms with Crippen LogP contribution >= 0.6 is 0 Å². The van der Waals surface area contributed by atoms with Gasteiger partial charge in [-0.15, -0.1) is 0 Å². The quantitative estimate of drug-likeness (QED) is 0.816. The number of piperidine rings is 1. The first-order chi connectivity index (χ1) is 13.7. The maximum Gasteiger partial charge on any atom is 0.236 e. The number of hydrogen-bond donors (Lipinski definition) is 0. The van der Waals surface area contributed by atoms with Gasteiger partial charge in [0, 0.05) is 50.1 Å². The third-order valence-electron chi connectivity index (χ3n) is 5.64. The summed E-state index contributed by atoms with van der Waals surface area (Å²) in [7, 11) is 0. The molecule has 0 bridgehead atoms. The first kappa shape index (κ1) is 19.0. The van der Waals surface area contributed by atoms with Gasteiger partial charge >= 0.3 is 0 Å². The Labute approximate surface area is 166 Å². The predicted molar refractivity (Wildman–Crippen MR) is 108 cm³/mol. The fourth-order valence-corrected chi connectivity index (χ4v) is 4.14. The summed E-state index contributed by atoms with van der Waals surface area (Å²) in [6, 6.07) is 8.39. The predicted octanol–water partition coefficient (Wildman–Crippen LogP) is 2.49. The van der Waals surface area contributed by atoms with Crippen LogP contribution in [-0.4, -0.2) is 71.6 Å². The molecule has 1 aromatic carbocycles. The van der Waals surface area contributed by atoms with Gasteiger partial charge in [-0.1, -0.05) is 23.8 Å². The standard InChI is InChI=1S/C22H28N4O2/c1-17-4-2-5-18(14-17)21-22(24-8-7-23-21)19-6-3-9-26(15-19)20(27)16-25-10-12-28-13-11-25/h2,4-5,7-8,14,19H,3,6,9-13,15-16H2,1H3. The van der Waals surface area contributed by atoms with Gasteiger partial charge in [0.1, 0.15) is 0 Å². The zero-order valence-corrected chi connectivity index (χ0v) is 16.5. The van der Waals surface area contributed by atoms with E-state index in [0.29, 0.717) is 6.54 Å². The van der Waals surface area contributed by atoms with E-state index in [-0.39, 0.29) is 11.8 Å². The Morgan fingerprint density at radius 3 is 2.82 bits per heavy atom. The molecule has 1 unspecified atom stereocenters. The second-order valence-corrected chi connectivity index (χ2v) is 7.73. The number of hydrogen-bond acceptors (Lipinski definition) is 5. The van der Waals surface area contributed by atoms with Gasteiger partial charge in [0.05, 0.1) is 31.1 Å². The minimum atomic E-state index is 0.215. The number of morpholine rings is 1. The number of aromatic nitrogens is 2. The molecule has 3 heterocycles. The van der Waals surface area contributed by atoms with Gasteiger partial charge in [-0.05, 0) is 25.8 Å². The Morgan fingerprint density at radius 1 is 1.18 bits per heavy atom. The maximum absolute atomic E-state index is 12.9. The molecule has 4 rings (SSSR count). The molecule has 2 saturated heterocycles. The topological polar surface area (TPSA) is 58.6 Å². The summed E-state index contributed by atoms with van der Waals surface area (Å²) in [5.74, 6) is 0.444. The lowest BCUT2D eigenvalue weighted by Crippen LogP contribution is -2.47. The average Bonchev–Trinajstić information content (AvgIpc) is 2.74. The molecule has 2 aliphatic rings. The van der Waals surface area contributed by atoms with Crippen molar-refractivity contribution in [1.29, 1.82) is 0 Å². The van der Waals surface area contributed by atoms with Crippen molar-refractivity contribution >= 4 is 5.91 Å². The van der Waals surface area contributed by atoms with Crippen LogP contribution in [0.2, 0.25) is 0 Å². The van der Waals surface area contributed by atoms with E-state index in [1.165, 1.54) is 5.56 Å². The van der Waals surface area contributed by atoms with Gasteiger partial charge in [0.2, 0.25) is 5.91 Å². The largest absolute Gasteiger partial charge is 0.379 e. The van der Waals surface area contributed by atoms with Gasteiger partial charge in [0.15, 0.2) is 0 Å². The fraction of sp³-hybridized carbons (Fsp3) is 0.500. The van der Waals surface area contributed by atoms with Crippen LogP contribution in [0.15, 0.2) is 36.7 Å². The molecule has 0 spiro atoms. The summed E-state index contributed by atoms with van der Waals surface area (Å²) in [6.07, 6.45) is 5.57. The first-order valence-electron chi connectivity index (χ1n) is 10.2. The van der Waals surface area contributed by atoms with Crippen LogP contribution < -0.4 is 0 Å². The van der Waals surface area contributed by atoms with Crippen molar-refractivity contribution in [2.75, 3.05) is 45.9 Å². The molecular weight excluding hydrogens is 352 g/mol. The highest BCUT2D eigenvalue weighted by atomic mass is 16.5. The molecule has 0 saturated carbocycles. The van der Waals surface area contributed by atoms with E-state index >= 15 is 0 Å². The lowest BCUT2D eigenvalue weighted by Gasteiger charge is -2.35. The lowest BCUT2D eigenvalue weighted by molar-refractivity contribution is -0.134. The lowest BCUT2D eigenvalue weighted by atomic mass is 9.91. The molecular formula is C22H28N4O2. The van der Waals surface area contributed by atoms with Gasteiger partial charge in [-0.2, -0.15) is 0 Å². The molecule has 1 aromatic heterocycles. The number of nitrogens with zero attached hydrogens (tertiary/aromatic N) is 4. The number of likely N-dealkylation sites (tertiary alicyclic amines) is 1. The zero-order valence-electron chi connectivity index (χ0n) is 16.5. The second-order valence-electron chi connectivity index (χ2n) is 7.73. The van der Waals surface area contributed by atoms with Crippen LogP contribution in [0.1, 0.15) is 30.0 Å². The highest BCUT2D eigenvalue weighted by molar-refractivity contribution is 5.78. The van der Waals surface area contributed by atoms with E-state index < -0.39 is 0 Å². The van der Waals surface area contributed by atoms with Crippen LogP contribution in [0.4, 0.5) is 0 Å². The highest BCUT2D eigenvalue weighted by Gasteiger charge is 2.29. The fourth-order valence-electron chi connectivity index (χ4n) is 4.14. The van der Waals surface area contributed by atoms with Gasteiger partial charge < -0.3 is 9.64 Å². The third kappa shape index (κ3) is 4.39. The van der Waals surface area contributed by atoms with E-state index in [2.05, 4.69) is 41.1 Å². The second kappa shape index (κ2) is 8.80. The first-order valence-corrected chi connectivity index (χ1v) is 10.2. The molecule has 148 valence electrons. The van der Waals surface area contributed by atoms with Crippen molar-refractivity contribution in [2.24, 2.45) is 0 Å². The number of aryl methyl sites for hydroxylation is 1. The van der Waals surface area contributed by atoms with Crippen LogP contribution in [0, 0.1) is 6.92 Å². The molecule has 1 atom stereocenters. The smallest absolute Gasteiger partial charge is 0.236 e. The molecule has 28 heavy (non-hydrogen) atoms. The van der Waals surface area contributed by atoms with Crippen LogP contribution in [0.5, 0.6) is 0 Å². The number of benzene rings is 1. The van der Waals surface area contributed by atoms with Gasteiger partial charge in [-0.3, -0.25) is 19.7 Å². The van der Waals surface area contributed by atoms with Crippen molar-refractivity contribution in [2.45, 2.75) is 25.7 Å². The molecule has 0 N–H and O–H groups in total. The van der Waals surface area contributed by atoms with Gasteiger partial charge in [-0.25, -0.2) is 0 Å². The number of ether oxygens (including phenoxy) is 1. The summed E-state index contributed by atoms with van der Waals surface area (Å²) >= 11 is 0. The summed E-state index contributed by atoms with van der Waals surface area (Å²) in [5, 5.41) is 0. The Balaban J connectivity index is 1.50. The average molecular weight is 380 g/mol. The Morgan fingerprint density at radius 2 is 2.00 bits per heavy atom. The highest BCUT2D eigenvalue weighted by Crippen LogP contribution is 2.32. The number of rotatable bonds is 4. The molecule has 2 aromatic rings. The Hall–Kier alpha value is -2.31. The summed E-state index contributed by atoms with van der Waals surface area (Å²) in [6.45, 7) is 7.24. The van der Waals surface area contributed by atoms with Crippen molar-refractivity contribution in [3.63, 3.8) is 0 Å². The van der Waals surface area contributed by atoms with Gasteiger partial charge in [0.25, 0.3) is 0 Å². The minimum Gasteiger partial charge on any atom is -0.379 e. The van der Waals surface area contributed by atoms with E-state index in [9.17, 15) is 4.79 Å². The van der Waals surface area contributed by atoms with Crippen molar-refractivity contribution in [3.8, 4) is 11.3 Å². The molecule has 1 amide bonds. The molecule has 6 heteroatoms. The number of amides is 1. The van der Waals surface area contributed by atoms with E-state index in [0.717, 1.165) is 69.2 Å². The molecule has 2 aliphatic heterocycles. The maximum atomic E-state index is 12.9. The molecule has 0 aliphatic carbocycles. The monoisotopic (exact) mass is 380 g/mol. The van der Waals surface area contributed by atoms with Crippen molar-refractivity contribution in [1.82, 2.24) is 19.8 Å². The molecule has 0 radical (unpaired) electrons. The van der Waals surface area contributed by atoms with Crippen molar-refractivity contribution < 1.29 is 9.53 Å². The van der Waals surface area contributed by atoms with Crippen LogP contribution in [-0.2, 0) is 9.53 Å². The molecule has 6 nitrogen and oxygen atoms in total. The van der Waals surface area contributed by atoms with E-state index in [1.807, 2.05) is 4.90 Å². The minimum absolute atomic E-state index is 0.215. The third-order valence-corrected chi connectivity index (χ3v) is 5.64.